The van der Waals surface area contributed by atoms with Crippen LogP contribution < -0.4 is 5.32 Å². The summed E-state index contributed by atoms with van der Waals surface area (Å²) < 4.78 is 25.1. The monoisotopic (exact) mass is 312 g/mol. The molecule has 0 bridgehead atoms. The number of aliphatic hydroxyl groups is 1. The molecule has 0 amide bonds. The Bertz CT molecular complexity index is 555. The van der Waals surface area contributed by atoms with Crippen molar-refractivity contribution in [3.63, 3.8) is 0 Å². The molecule has 2 rings (SSSR count). The van der Waals surface area contributed by atoms with Crippen LogP contribution in [0.4, 0.5) is 5.69 Å². The first-order valence-electron chi connectivity index (χ1n) is 7.36. The zero-order chi connectivity index (χ0) is 15.5. The highest BCUT2D eigenvalue weighted by molar-refractivity contribution is 7.89. The summed E-state index contributed by atoms with van der Waals surface area (Å²) in [5.74, 6) is 0.281. The van der Waals surface area contributed by atoms with Crippen molar-refractivity contribution in [2.75, 3.05) is 26.0 Å². The van der Waals surface area contributed by atoms with E-state index in [1.54, 1.807) is 24.3 Å². The van der Waals surface area contributed by atoms with Gasteiger partial charge in [-0.25, -0.2) is 12.7 Å². The summed E-state index contributed by atoms with van der Waals surface area (Å²) >= 11 is 0. The lowest BCUT2D eigenvalue weighted by Crippen LogP contribution is -2.30. The van der Waals surface area contributed by atoms with Gasteiger partial charge >= 0.3 is 0 Å². The predicted octanol–water partition coefficient (Wildman–Crippen LogP) is 1.90. The maximum Gasteiger partial charge on any atom is 0.242 e. The molecule has 6 heteroatoms. The van der Waals surface area contributed by atoms with E-state index in [9.17, 15) is 13.5 Å². The minimum Gasteiger partial charge on any atom is -0.393 e. The summed E-state index contributed by atoms with van der Waals surface area (Å²) in [6.07, 6.45) is 3.98. The normalized spacial score (nSPS) is 23.2. The number of anilines is 1. The van der Waals surface area contributed by atoms with Crippen LogP contribution in [0.2, 0.25) is 0 Å². The zero-order valence-corrected chi connectivity index (χ0v) is 13.4. The van der Waals surface area contributed by atoms with E-state index in [-0.39, 0.29) is 16.9 Å². The van der Waals surface area contributed by atoms with E-state index in [0.29, 0.717) is 0 Å². The molecule has 0 saturated heterocycles. The lowest BCUT2D eigenvalue weighted by Gasteiger charge is -2.28. The second-order valence-corrected chi connectivity index (χ2v) is 7.96. The first-order valence-corrected chi connectivity index (χ1v) is 8.80. The van der Waals surface area contributed by atoms with Crippen LogP contribution in [-0.2, 0) is 10.0 Å². The highest BCUT2D eigenvalue weighted by Gasteiger charge is 2.22. The SMILES string of the molecule is CN(C)S(=O)(=O)c1ccc(NCC2CCCCC2O)cc1. The van der Waals surface area contributed by atoms with Crippen LogP contribution in [0.1, 0.15) is 25.7 Å². The summed E-state index contributed by atoms with van der Waals surface area (Å²) in [6.45, 7) is 0.723. The van der Waals surface area contributed by atoms with Gasteiger partial charge in [0, 0.05) is 32.2 Å². The van der Waals surface area contributed by atoms with E-state index < -0.39 is 10.0 Å². The van der Waals surface area contributed by atoms with Gasteiger partial charge in [0.05, 0.1) is 11.0 Å². The van der Waals surface area contributed by atoms with E-state index in [2.05, 4.69) is 5.32 Å². The van der Waals surface area contributed by atoms with Gasteiger partial charge in [-0.3, -0.25) is 0 Å². The van der Waals surface area contributed by atoms with Crippen LogP contribution in [0.3, 0.4) is 0 Å². The maximum atomic E-state index is 12.0. The summed E-state index contributed by atoms with van der Waals surface area (Å²) in [7, 11) is -0.333. The summed E-state index contributed by atoms with van der Waals surface area (Å²) in [5.41, 5.74) is 0.880. The summed E-state index contributed by atoms with van der Waals surface area (Å²) in [4.78, 5) is 0.288. The Hall–Kier alpha value is -1.11. The molecule has 0 aliphatic heterocycles. The van der Waals surface area contributed by atoms with Crippen molar-refractivity contribution in [3.05, 3.63) is 24.3 Å². The summed E-state index contributed by atoms with van der Waals surface area (Å²) in [6, 6.07) is 6.75. The van der Waals surface area contributed by atoms with Gasteiger partial charge in [-0.15, -0.1) is 0 Å². The summed E-state index contributed by atoms with van der Waals surface area (Å²) in [5, 5.41) is 13.2. The molecule has 0 heterocycles. The maximum absolute atomic E-state index is 12.0. The first kappa shape index (κ1) is 16.3. The number of sulfonamides is 1. The third kappa shape index (κ3) is 3.96. The molecule has 0 spiro atoms. The van der Waals surface area contributed by atoms with Crippen LogP contribution in [0.15, 0.2) is 29.2 Å². The number of aliphatic hydroxyl groups excluding tert-OH is 1. The van der Waals surface area contributed by atoms with Gasteiger partial charge in [0.25, 0.3) is 0 Å². The van der Waals surface area contributed by atoms with E-state index >= 15 is 0 Å². The molecule has 2 N–H and O–H groups in total. The zero-order valence-electron chi connectivity index (χ0n) is 12.6. The Balaban J connectivity index is 1.97. The quantitative estimate of drug-likeness (QED) is 0.871. The Kier molecular flexibility index (Phi) is 5.24. The highest BCUT2D eigenvalue weighted by Crippen LogP contribution is 2.25. The lowest BCUT2D eigenvalue weighted by molar-refractivity contribution is 0.0763. The number of hydrogen-bond acceptors (Lipinski definition) is 4. The molecule has 1 fully saturated rings. The molecule has 21 heavy (non-hydrogen) atoms. The van der Waals surface area contributed by atoms with Crippen molar-refractivity contribution in [2.24, 2.45) is 5.92 Å². The van der Waals surface area contributed by atoms with Crippen LogP contribution >= 0.6 is 0 Å². The predicted molar refractivity (Wildman–Crippen MR) is 83.8 cm³/mol. The van der Waals surface area contributed by atoms with Gasteiger partial charge in [-0.1, -0.05) is 12.8 Å². The standard InChI is InChI=1S/C15H24N2O3S/c1-17(2)21(19,20)14-9-7-13(8-10-14)16-11-12-5-3-4-6-15(12)18/h7-10,12,15-16,18H,3-6,11H2,1-2H3. The number of benzene rings is 1. The van der Waals surface area contributed by atoms with Gasteiger partial charge in [0.2, 0.25) is 10.0 Å². The molecule has 0 aromatic heterocycles. The molecule has 1 aliphatic carbocycles. The van der Waals surface area contributed by atoms with E-state index in [0.717, 1.165) is 31.5 Å². The lowest BCUT2D eigenvalue weighted by atomic mass is 9.86. The smallest absolute Gasteiger partial charge is 0.242 e. The molecular formula is C15H24N2O3S. The Labute approximate surface area is 127 Å². The molecular weight excluding hydrogens is 288 g/mol. The molecule has 0 radical (unpaired) electrons. The second kappa shape index (κ2) is 6.77. The molecule has 1 aliphatic rings. The van der Waals surface area contributed by atoms with Gasteiger partial charge < -0.3 is 10.4 Å². The minimum atomic E-state index is -3.37. The van der Waals surface area contributed by atoms with E-state index in [1.165, 1.54) is 24.8 Å². The van der Waals surface area contributed by atoms with Crippen molar-refractivity contribution in [3.8, 4) is 0 Å². The fraction of sp³-hybridized carbons (Fsp3) is 0.600. The van der Waals surface area contributed by atoms with Gasteiger partial charge in [-0.05, 0) is 37.1 Å². The van der Waals surface area contributed by atoms with Gasteiger partial charge in [0.15, 0.2) is 0 Å². The third-order valence-electron chi connectivity index (χ3n) is 4.07. The molecule has 2 atom stereocenters. The molecule has 5 nitrogen and oxygen atoms in total. The van der Waals surface area contributed by atoms with Gasteiger partial charge in [0.1, 0.15) is 0 Å². The van der Waals surface area contributed by atoms with Crippen molar-refractivity contribution in [2.45, 2.75) is 36.7 Å². The fourth-order valence-corrected chi connectivity index (χ4v) is 3.53. The van der Waals surface area contributed by atoms with E-state index in [1.807, 2.05) is 0 Å². The van der Waals surface area contributed by atoms with Crippen LogP contribution in [0.5, 0.6) is 0 Å². The van der Waals surface area contributed by atoms with E-state index in [4.69, 9.17) is 0 Å². The van der Waals surface area contributed by atoms with Crippen molar-refractivity contribution in [1.82, 2.24) is 4.31 Å². The van der Waals surface area contributed by atoms with Crippen molar-refractivity contribution < 1.29 is 13.5 Å². The number of hydrogen-bond donors (Lipinski definition) is 2. The molecule has 1 aromatic rings. The average molecular weight is 312 g/mol. The molecule has 118 valence electrons. The second-order valence-electron chi connectivity index (χ2n) is 5.80. The third-order valence-corrected chi connectivity index (χ3v) is 5.90. The average Bonchev–Trinajstić information content (AvgIpc) is 2.46. The molecule has 1 saturated carbocycles. The Morgan fingerprint density at radius 1 is 1.19 bits per heavy atom. The topological polar surface area (TPSA) is 69.6 Å². The first-order chi connectivity index (χ1) is 9.91. The molecule has 2 unspecified atom stereocenters. The number of rotatable bonds is 5. The minimum absolute atomic E-state index is 0.223. The van der Waals surface area contributed by atoms with Crippen molar-refractivity contribution in [1.29, 1.82) is 0 Å². The largest absolute Gasteiger partial charge is 0.393 e. The van der Waals surface area contributed by atoms with Gasteiger partial charge in [-0.2, -0.15) is 0 Å². The fourth-order valence-electron chi connectivity index (χ4n) is 2.63. The highest BCUT2D eigenvalue weighted by atomic mass is 32.2. The van der Waals surface area contributed by atoms with Crippen LogP contribution in [-0.4, -0.2) is 44.6 Å². The Morgan fingerprint density at radius 2 is 1.81 bits per heavy atom. The van der Waals surface area contributed by atoms with Crippen LogP contribution in [0.25, 0.3) is 0 Å². The Morgan fingerprint density at radius 3 is 2.38 bits per heavy atom. The number of nitrogens with one attached hydrogen (secondary N) is 1. The molecule has 1 aromatic carbocycles. The number of nitrogens with zero attached hydrogens (tertiary/aromatic N) is 1. The van der Waals surface area contributed by atoms with Crippen molar-refractivity contribution >= 4 is 15.7 Å². The van der Waals surface area contributed by atoms with Crippen LogP contribution in [0, 0.1) is 5.92 Å².